The van der Waals surface area contributed by atoms with E-state index < -0.39 is 0 Å². The van der Waals surface area contributed by atoms with E-state index in [1.165, 1.54) is 19.4 Å². The smallest absolute Gasteiger partial charge is 0.123 e. The minimum absolute atomic E-state index is 0.505. The lowest BCUT2D eigenvalue weighted by Gasteiger charge is -2.19. The van der Waals surface area contributed by atoms with Crippen molar-refractivity contribution < 1.29 is 9.47 Å². The molecule has 0 bridgehead atoms. The van der Waals surface area contributed by atoms with Crippen LogP contribution in [0.1, 0.15) is 24.8 Å². The fraction of sp³-hybridized carbons (Fsp3) is 0.625. The summed E-state index contributed by atoms with van der Waals surface area (Å²) >= 11 is 0. The largest absolute Gasteiger partial charge is 0.491 e. The van der Waals surface area contributed by atoms with Gasteiger partial charge in [0.15, 0.2) is 0 Å². The number of nitrogens with two attached hydrogens (primary N) is 1. The summed E-state index contributed by atoms with van der Waals surface area (Å²) in [7, 11) is 2.20. The van der Waals surface area contributed by atoms with Crippen LogP contribution in [0.4, 0.5) is 0 Å². The molecule has 1 aliphatic rings. The topological polar surface area (TPSA) is 47.7 Å². The minimum Gasteiger partial charge on any atom is -0.491 e. The van der Waals surface area contributed by atoms with Crippen molar-refractivity contribution in [2.45, 2.75) is 31.8 Å². The summed E-state index contributed by atoms with van der Waals surface area (Å²) in [6.45, 7) is 3.76. The molecule has 0 aliphatic carbocycles. The Morgan fingerprint density at radius 3 is 2.85 bits per heavy atom. The zero-order valence-corrected chi connectivity index (χ0v) is 12.4. The Balaban J connectivity index is 1.57. The Hall–Kier alpha value is -1.10. The number of nitrogens with zero attached hydrogens (tertiary/aromatic N) is 1. The number of likely N-dealkylation sites (tertiary alicyclic amines) is 1. The van der Waals surface area contributed by atoms with Crippen LogP contribution in [0.2, 0.25) is 0 Å². The molecule has 1 aromatic carbocycles. The van der Waals surface area contributed by atoms with Gasteiger partial charge in [-0.3, -0.25) is 0 Å². The molecule has 0 radical (unpaired) electrons. The molecule has 1 heterocycles. The number of rotatable bonds is 8. The first kappa shape index (κ1) is 15.3. The lowest BCUT2D eigenvalue weighted by molar-refractivity contribution is 0.0860. The third kappa shape index (κ3) is 4.47. The van der Waals surface area contributed by atoms with Crippen molar-refractivity contribution in [1.82, 2.24) is 4.90 Å². The molecule has 1 atom stereocenters. The Morgan fingerprint density at radius 2 is 2.10 bits per heavy atom. The molecule has 4 nitrogen and oxygen atoms in total. The zero-order valence-electron chi connectivity index (χ0n) is 12.4. The highest BCUT2D eigenvalue weighted by Gasteiger charge is 2.19. The molecule has 0 saturated carbocycles. The number of para-hydroxylation sites is 1. The van der Waals surface area contributed by atoms with Crippen molar-refractivity contribution in [1.29, 1.82) is 0 Å². The standard InChI is InChI=1S/C16H26N2O2/c1-18-9-4-6-15(18)8-10-19-11-12-20-16-7-3-2-5-14(16)13-17/h2-3,5,7,15H,4,6,8-13,17H2,1H3. The fourth-order valence-electron chi connectivity index (χ4n) is 2.69. The maximum atomic E-state index is 5.71. The molecular weight excluding hydrogens is 252 g/mol. The molecule has 2 N–H and O–H groups in total. The molecule has 0 spiro atoms. The van der Waals surface area contributed by atoms with Crippen molar-refractivity contribution >= 4 is 0 Å². The number of hydrogen-bond donors (Lipinski definition) is 1. The van der Waals surface area contributed by atoms with Gasteiger partial charge in [0, 0.05) is 24.8 Å². The van der Waals surface area contributed by atoms with Crippen LogP contribution in [0.3, 0.4) is 0 Å². The molecule has 4 heteroatoms. The summed E-state index contributed by atoms with van der Waals surface area (Å²) in [5, 5.41) is 0. The van der Waals surface area contributed by atoms with Crippen LogP contribution >= 0.6 is 0 Å². The molecule has 0 amide bonds. The molecule has 1 aromatic rings. The van der Waals surface area contributed by atoms with Gasteiger partial charge >= 0.3 is 0 Å². The van der Waals surface area contributed by atoms with Gasteiger partial charge in [0.2, 0.25) is 0 Å². The summed E-state index contributed by atoms with van der Waals surface area (Å²) < 4.78 is 11.4. The van der Waals surface area contributed by atoms with Crippen molar-refractivity contribution in [3.8, 4) is 5.75 Å². The van der Waals surface area contributed by atoms with E-state index >= 15 is 0 Å². The minimum atomic E-state index is 0.505. The third-order valence-electron chi connectivity index (χ3n) is 3.94. The molecule has 1 aliphatic heterocycles. The maximum Gasteiger partial charge on any atom is 0.123 e. The van der Waals surface area contributed by atoms with Gasteiger partial charge in [0.05, 0.1) is 6.61 Å². The molecule has 0 aromatic heterocycles. The van der Waals surface area contributed by atoms with Crippen molar-refractivity contribution in [2.24, 2.45) is 5.73 Å². The summed E-state index contributed by atoms with van der Waals surface area (Å²) in [5.41, 5.74) is 6.71. The van der Waals surface area contributed by atoms with Gasteiger partial charge < -0.3 is 20.1 Å². The van der Waals surface area contributed by atoms with Gasteiger partial charge in [-0.15, -0.1) is 0 Å². The average Bonchev–Trinajstić information content (AvgIpc) is 2.88. The van der Waals surface area contributed by atoms with Gasteiger partial charge in [-0.2, -0.15) is 0 Å². The molecule has 20 heavy (non-hydrogen) atoms. The van der Waals surface area contributed by atoms with Crippen LogP contribution in [-0.2, 0) is 11.3 Å². The first-order valence-electron chi connectivity index (χ1n) is 7.50. The quantitative estimate of drug-likeness (QED) is 0.739. The van der Waals surface area contributed by atoms with Crippen LogP contribution in [-0.4, -0.2) is 44.4 Å². The zero-order chi connectivity index (χ0) is 14.2. The lowest BCUT2D eigenvalue weighted by Crippen LogP contribution is -2.26. The van der Waals surface area contributed by atoms with Crippen molar-refractivity contribution in [3.05, 3.63) is 29.8 Å². The van der Waals surface area contributed by atoms with E-state index in [-0.39, 0.29) is 0 Å². The van der Waals surface area contributed by atoms with Crippen LogP contribution in [0.25, 0.3) is 0 Å². The number of benzene rings is 1. The van der Waals surface area contributed by atoms with E-state index in [1.54, 1.807) is 0 Å². The van der Waals surface area contributed by atoms with E-state index in [0.717, 1.165) is 24.3 Å². The van der Waals surface area contributed by atoms with E-state index in [0.29, 0.717) is 25.8 Å². The molecule has 1 unspecified atom stereocenters. The number of ether oxygens (including phenoxy) is 2. The summed E-state index contributed by atoms with van der Waals surface area (Å²) in [5.74, 6) is 0.870. The Labute approximate surface area is 121 Å². The first-order chi connectivity index (χ1) is 9.81. The van der Waals surface area contributed by atoms with Gasteiger partial charge in [-0.05, 0) is 38.9 Å². The second-order valence-corrected chi connectivity index (χ2v) is 5.34. The Morgan fingerprint density at radius 1 is 1.25 bits per heavy atom. The number of hydrogen-bond acceptors (Lipinski definition) is 4. The van der Waals surface area contributed by atoms with Crippen molar-refractivity contribution in [2.75, 3.05) is 33.4 Å². The second kappa shape index (κ2) is 8.25. The van der Waals surface area contributed by atoms with E-state index in [4.69, 9.17) is 15.2 Å². The summed E-state index contributed by atoms with van der Waals surface area (Å²) in [6.07, 6.45) is 3.75. The van der Waals surface area contributed by atoms with Crippen LogP contribution in [0, 0.1) is 0 Å². The molecular formula is C16H26N2O2. The Kier molecular flexibility index (Phi) is 6.30. The van der Waals surface area contributed by atoms with Crippen LogP contribution in [0.5, 0.6) is 5.75 Å². The van der Waals surface area contributed by atoms with Gasteiger partial charge in [0.1, 0.15) is 12.4 Å². The maximum absolute atomic E-state index is 5.71. The van der Waals surface area contributed by atoms with Crippen molar-refractivity contribution in [3.63, 3.8) is 0 Å². The molecule has 2 rings (SSSR count). The predicted octanol–water partition coefficient (Wildman–Crippen LogP) is 2.03. The lowest BCUT2D eigenvalue weighted by atomic mass is 10.1. The summed E-state index contributed by atoms with van der Waals surface area (Å²) in [4.78, 5) is 2.43. The van der Waals surface area contributed by atoms with E-state index in [2.05, 4.69) is 11.9 Å². The highest BCUT2D eigenvalue weighted by atomic mass is 16.5. The molecule has 1 saturated heterocycles. The summed E-state index contributed by atoms with van der Waals surface area (Å²) in [6, 6.07) is 8.59. The normalized spacial score (nSPS) is 19.4. The van der Waals surface area contributed by atoms with Gasteiger partial charge in [-0.1, -0.05) is 18.2 Å². The molecule has 1 fully saturated rings. The van der Waals surface area contributed by atoms with Gasteiger partial charge in [0.25, 0.3) is 0 Å². The highest BCUT2D eigenvalue weighted by Crippen LogP contribution is 2.18. The second-order valence-electron chi connectivity index (χ2n) is 5.34. The SMILES string of the molecule is CN1CCCC1CCOCCOc1ccccc1CN. The Bertz CT molecular complexity index is 398. The molecule has 112 valence electrons. The van der Waals surface area contributed by atoms with Crippen LogP contribution < -0.4 is 10.5 Å². The van der Waals surface area contributed by atoms with E-state index in [1.807, 2.05) is 24.3 Å². The van der Waals surface area contributed by atoms with Gasteiger partial charge in [-0.25, -0.2) is 0 Å². The van der Waals surface area contributed by atoms with E-state index in [9.17, 15) is 0 Å². The predicted molar refractivity (Wildman–Crippen MR) is 80.9 cm³/mol. The average molecular weight is 278 g/mol. The third-order valence-corrected chi connectivity index (χ3v) is 3.94. The highest BCUT2D eigenvalue weighted by molar-refractivity contribution is 5.32. The first-order valence-corrected chi connectivity index (χ1v) is 7.50. The van der Waals surface area contributed by atoms with Crippen LogP contribution in [0.15, 0.2) is 24.3 Å². The fourth-order valence-corrected chi connectivity index (χ4v) is 2.69. The monoisotopic (exact) mass is 278 g/mol.